The molecular formula is C15H18ClN3OS. The van der Waals surface area contributed by atoms with Gasteiger partial charge in [0.15, 0.2) is 5.84 Å². The van der Waals surface area contributed by atoms with Crippen LogP contribution < -0.4 is 11.1 Å². The first-order valence-electron chi connectivity index (χ1n) is 6.57. The first kappa shape index (κ1) is 15.8. The molecule has 1 aromatic carbocycles. The molecule has 0 aliphatic carbocycles. The Kier molecular flexibility index (Phi) is 5.22. The Bertz CT molecular complexity index is 654. The molecule has 6 heteroatoms. The number of aryl methyl sites for hydroxylation is 1. The summed E-state index contributed by atoms with van der Waals surface area (Å²) >= 11 is 7.54. The zero-order valence-corrected chi connectivity index (χ0v) is 13.5. The maximum Gasteiger partial charge on any atom is 0.170 e. The quantitative estimate of drug-likeness (QED) is 0.340. The molecule has 0 saturated carbocycles. The molecule has 112 valence electrons. The SMILES string of the molecule is Cc1cc(/C(N)=N/O)ccc1CNC(C)c1ccc(Cl)s1. The van der Waals surface area contributed by atoms with Gasteiger partial charge >= 0.3 is 0 Å². The highest BCUT2D eigenvalue weighted by atomic mass is 35.5. The van der Waals surface area contributed by atoms with Gasteiger partial charge < -0.3 is 16.3 Å². The summed E-state index contributed by atoms with van der Waals surface area (Å²) in [6, 6.07) is 9.95. The average Bonchev–Trinajstić information content (AvgIpc) is 2.91. The van der Waals surface area contributed by atoms with Crippen LogP contribution in [0.4, 0.5) is 0 Å². The van der Waals surface area contributed by atoms with E-state index in [0.717, 1.165) is 22.0 Å². The molecular weight excluding hydrogens is 306 g/mol. The molecule has 4 nitrogen and oxygen atoms in total. The average molecular weight is 324 g/mol. The van der Waals surface area contributed by atoms with Crippen molar-refractivity contribution in [1.29, 1.82) is 0 Å². The molecule has 0 bridgehead atoms. The van der Waals surface area contributed by atoms with Crippen LogP contribution in [-0.4, -0.2) is 11.0 Å². The standard InChI is InChI=1S/C15H18ClN3OS/c1-9-7-11(15(17)19-20)3-4-12(9)8-18-10(2)13-5-6-14(16)21-13/h3-7,10,18,20H,8H2,1-2H3,(H2,17,19). The maximum absolute atomic E-state index is 8.69. The first-order chi connectivity index (χ1) is 10.0. The lowest BCUT2D eigenvalue weighted by Gasteiger charge is -2.14. The highest BCUT2D eigenvalue weighted by Crippen LogP contribution is 2.27. The van der Waals surface area contributed by atoms with E-state index in [1.54, 1.807) is 11.3 Å². The van der Waals surface area contributed by atoms with Crippen LogP contribution in [0.25, 0.3) is 0 Å². The molecule has 2 aromatic rings. The Morgan fingerprint density at radius 3 is 2.76 bits per heavy atom. The van der Waals surface area contributed by atoms with Crippen molar-refractivity contribution in [2.24, 2.45) is 10.9 Å². The molecule has 0 radical (unpaired) electrons. The smallest absolute Gasteiger partial charge is 0.170 e. The monoisotopic (exact) mass is 323 g/mol. The highest BCUT2D eigenvalue weighted by molar-refractivity contribution is 7.16. The summed E-state index contributed by atoms with van der Waals surface area (Å²) in [7, 11) is 0. The molecule has 1 atom stereocenters. The minimum absolute atomic E-state index is 0.124. The highest BCUT2D eigenvalue weighted by Gasteiger charge is 2.09. The molecule has 0 fully saturated rings. The van der Waals surface area contributed by atoms with Crippen molar-refractivity contribution < 1.29 is 5.21 Å². The van der Waals surface area contributed by atoms with Gasteiger partial charge in [-0.25, -0.2) is 0 Å². The molecule has 1 aromatic heterocycles. The van der Waals surface area contributed by atoms with Gasteiger partial charge in [-0.05, 0) is 43.2 Å². The van der Waals surface area contributed by atoms with Gasteiger partial charge in [-0.3, -0.25) is 0 Å². The van der Waals surface area contributed by atoms with E-state index in [1.165, 1.54) is 10.4 Å². The number of nitrogens with two attached hydrogens (primary N) is 1. The third-order valence-corrected chi connectivity index (χ3v) is 4.78. The Morgan fingerprint density at radius 2 is 2.19 bits per heavy atom. The topological polar surface area (TPSA) is 70.6 Å². The lowest BCUT2D eigenvalue weighted by molar-refractivity contribution is 0.318. The summed E-state index contributed by atoms with van der Waals surface area (Å²) in [6.45, 7) is 4.87. The molecule has 0 amide bonds. The summed E-state index contributed by atoms with van der Waals surface area (Å²) in [5.74, 6) is 0.124. The Morgan fingerprint density at radius 1 is 1.43 bits per heavy atom. The summed E-state index contributed by atoms with van der Waals surface area (Å²) in [5, 5.41) is 15.2. The molecule has 4 N–H and O–H groups in total. The van der Waals surface area contributed by atoms with Crippen LogP contribution in [0.15, 0.2) is 35.5 Å². The molecule has 1 unspecified atom stereocenters. The lowest BCUT2D eigenvalue weighted by Crippen LogP contribution is -2.18. The predicted octanol–water partition coefficient (Wildman–Crippen LogP) is 3.66. The van der Waals surface area contributed by atoms with E-state index < -0.39 is 0 Å². The molecule has 0 aliphatic rings. The van der Waals surface area contributed by atoms with Crippen molar-refractivity contribution in [2.75, 3.05) is 0 Å². The van der Waals surface area contributed by atoms with Crippen molar-refractivity contribution in [3.05, 3.63) is 56.2 Å². The van der Waals surface area contributed by atoms with E-state index in [4.69, 9.17) is 22.5 Å². The molecule has 0 saturated heterocycles. The van der Waals surface area contributed by atoms with Crippen molar-refractivity contribution in [3.8, 4) is 0 Å². The van der Waals surface area contributed by atoms with Crippen molar-refractivity contribution in [3.63, 3.8) is 0 Å². The number of rotatable bonds is 5. The van der Waals surface area contributed by atoms with E-state index in [9.17, 15) is 0 Å². The zero-order valence-electron chi connectivity index (χ0n) is 11.9. The van der Waals surface area contributed by atoms with E-state index in [2.05, 4.69) is 17.4 Å². The Hall–Kier alpha value is -1.56. The number of nitrogens with one attached hydrogen (secondary N) is 1. The summed E-state index contributed by atoms with van der Waals surface area (Å²) in [6.07, 6.45) is 0. The number of oxime groups is 1. The van der Waals surface area contributed by atoms with Gasteiger partial charge in [0.2, 0.25) is 0 Å². The molecule has 2 rings (SSSR count). The number of amidine groups is 1. The van der Waals surface area contributed by atoms with Crippen LogP contribution in [0.2, 0.25) is 4.34 Å². The fourth-order valence-electron chi connectivity index (χ4n) is 2.04. The summed E-state index contributed by atoms with van der Waals surface area (Å²) < 4.78 is 0.804. The lowest BCUT2D eigenvalue weighted by atomic mass is 10.0. The molecule has 1 heterocycles. The van der Waals surface area contributed by atoms with Gasteiger partial charge in [0, 0.05) is 23.0 Å². The Labute approximate surface area is 133 Å². The van der Waals surface area contributed by atoms with Gasteiger partial charge in [-0.1, -0.05) is 28.9 Å². The molecule has 0 aliphatic heterocycles. The first-order valence-corrected chi connectivity index (χ1v) is 7.76. The molecule has 0 spiro atoms. The number of nitrogens with zero attached hydrogens (tertiary/aromatic N) is 1. The van der Waals surface area contributed by atoms with Crippen molar-refractivity contribution >= 4 is 28.8 Å². The maximum atomic E-state index is 8.69. The van der Waals surface area contributed by atoms with Gasteiger partial charge in [-0.15, -0.1) is 11.3 Å². The number of thiophene rings is 1. The fourth-order valence-corrected chi connectivity index (χ4v) is 3.12. The third kappa shape index (κ3) is 3.97. The zero-order chi connectivity index (χ0) is 15.4. The van der Waals surface area contributed by atoms with Crippen LogP contribution >= 0.6 is 22.9 Å². The minimum atomic E-state index is 0.124. The third-order valence-electron chi connectivity index (χ3n) is 3.37. The van der Waals surface area contributed by atoms with Crippen molar-refractivity contribution in [1.82, 2.24) is 5.32 Å². The Balaban J connectivity index is 2.03. The number of hydrogen-bond donors (Lipinski definition) is 3. The van der Waals surface area contributed by atoms with E-state index in [0.29, 0.717) is 0 Å². The van der Waals surface area contributed by atoms with Gasteiger partial charge in [0.25, 0.3) is 0 Å². The van der Waals surface area contributed by atoms with E-state index in [-0.39, 0.29) is 11.9 Å². The second-order valence-corrected chi connectivity index (χ2v) is 6.62. The van der Waals surface area contributed by atoms with Crippen LogP contribution in [-0.2, 0) is 6.54 Å². The van der Waals surface area contributed by atoms with Crippen LogP contribution in [0, 0.1) is 6.92 Å². The largest absolute Gasteiger partial charge is 0.409 e. The second-order valence-electron chi connectivity index (χ2n) is 4.87. The van der Waals surface area contributed by atoms with Crippen molar-refractivity contribution in [2.45, 2.75) is 26.4 Å². The number of hydrogen-bond acceptors (Lipinski definition) is 4. The number of halogens is 1. The summed E-state index contributed by atoms with van der Waals surface area (Å²) in [4.78, 5) is 1.21. The fraction of sp³-hybridized carbons (Fsp3) is 0.267. The van der Waals surface area contributed by atoms with Crippen LogP contribution in [0.5, 0.6) is 0 Å². The van der Waals surface area contributed by atoms with E-state index >= 15 is 0 Å². The van der Waals surface area contributed by atoms with Crippen LogP contribution in [0.1, 0.15) is 34.5 Å². The molecule has 21 heavy (non-hydrogen) atoms. The van der Waals surface area contributed by atoms with E-state index in [1.807, 2.05) is 37.3 Å². The van der Waals surface area contributed by atoms with Crippen LogP contribution in [0.3, 0.4) is 0 Å². The predicted molar refractivity (Wildman–Crippen MR) is 88.3 cm³/mol. The normalized spacial score (nSPS) is 13.4. The van der Waals surface area contributed by atoms with Gasteiger partial charge in [0.1, 0.15) is 0 Å². The minimum Gasteiger partial charge on any atom is -0.409 e. The second kappa shape index (κ2) is 6.93. The summed E-state index contributed by atoms with van der Waals surface area (Å²) in [5.41, 5.74) is 8.59. The van der Waals surface area contributed by atoms with Gasteiger partial charge in [-0.2, -0.15) is 0 Å². The number of benzene rings is 1. The van der Waals surface area contributed by atoms with Gasteiger partial charge in [0.05, 0.1) is 4.34 Å².